The molecule has 0 saturated carbocycles. The molecule has 0 aromatic carbocycles. The summed E-state index contributed by atoms with van der Waals surface area (Å²) in [6.45, 7) is 8.69. The van der Waals surface area contributed by atoms with Gasteiger partial charge in [-0.2, -0.15) is 0 Å². The summed E-state index contributed by atoms with van der Waals surface area (Å²) < 4.78 is 0. The lowest BCUT2D eigenvalue weighted by atomic mass is 10.2. The molecule has 0 fully saturated rings. The van der Waals surface area contributed by atoms with Crippen LogP contribution < -0.4 is 0 Å². The van der Waals surface area contributed by atoms with E-state index in [1.54, 1.807) is 0 Å². The molecule has 16 heavy (non-hydrogen) atoms. The summed E-state index contributed by atoms with van der Waals surface area (Å²) >= 11 is 0. The number of nitrogens with zero attached hydrogens (tertiary/aromatic N) is 1. The highest BCUT2D eigenvalue weighted by Crippen LogP contribution is 2.04. The van der Waals surface area contributed by atoms with Gasteiger partial charge in [-0.3, -0.25) is 0 Å². The average molecular weight is 229 g/mol. The fraction of sp³-hybridized carbons (Fsp3) is 1.00. The van der Waals surface area contributed by atoms with Crippen molar-refractivity contribution < 1.29 is 5.11 Å². The Morgan fingerprint density at radius 1 is 0.688 bits per heavy atom. The summed E-state index contributed by atoms with van der Waals surface area (Å²) in [5.74, 6) is 0. The van der Waals surface area contributed by atoms with Gasteiger partial charge in [0.15, 0.2) is 0 Å². The Hall–Kier alpha value is -0.0800. The number of unbranched alkanes of at least 4 members (excludes halogenated alkanes) is 5. The van der Waals surface area contributed by atoms with Crippen LogP contribution in [0.1, 0.15) is 65.2 Å². The van der Waals surface area contributed by atoms with Crippen molar-refractivity contribution in [2.45, 2.75) is 65.2 Å². The van der Waals surface area contributed by atoms with Crippen LogP contribution in [0.5, 0.6) is 0 Å². The third-order valence-corrected chi connectivity index (χ3v) is 3.04. The summed E-state index contributed by atoms with van der Waals surface area (Å²) in [7, 11) is 0. The van der Waals surface area contributed by atoms with Crippen molar-refractivity contribution in [1.82, 2.24) is 4.90 Å². The third-order valence-electron chi connectivity index (χ3n) is 3.04. The Labute approximate surface area is 102 Å². The largest absolute Gasteiger partial charge is 0.396 e. The van der Waals surface area contributed by atoms with Gasteiger partial charge in [-0.1, -0.05) is 39.5 Å². The van der Waals surface area contributed by atoms with E-state index in [4.69, 9.17) is 5.11 Å². The fourth-order valence-corrected chi connectivity index (χ4v) is 1.90. The predicted octanol–water partition coefficient (Wildman–Crippen LogP) is 3.44. The van der Waals surface area contributed by atoms with E-state index < -0.39 is 0 Å². The lowest BCUT2D eigenvalue weighted by Crippen LogP contribution is -2.27. The minimum Gasteiger partial charge on any atom is -0.396 e. The first-order chi connectivity index (χ1) is 7.85. The van der Waals surface area contributed by atoms with Crippen LogP contribution in [0.2, 0.25) is 0 Å². The smallest absolute Gasteiger partial charge is 0.0431 e. The average Bonchev–Trinajstić information content (AvgIpc) is 2.31. The van der Waals surface area contributed by atoms with Crippen molar-refractivity contribution in [3.05, 3.63) is 0 Å². The Morgan fingerprint density at radius 2 is 1.19 bits per heavy atom. The molecular formula is C14H31NO. The van der Waals surface area contributed by atoms with E-state index >= 15 is 0 Å². The number of rotatable bonds is 12. The van der Waals surface area contributed by atoms with Gasteiger partial charge in [-0.15, -0.1) is 0 Å². The molecule has 0 bridgehead atoms. The highest BCUT2D eigenvalue weighted by molar-refractivity contribution is 4.58. The van der Waals surface area contributed by atoms with E-state index in [-0.39, 0.29) is 0 Å². The van der Waals surface area contributed by atoms with Gasteiger partial charge in [0.1, 0.15) is 0 Å². The van der Waals surface area contributed by atoms with Crippen LogP contribution in [0.25, 0.3) is 0 Å². The van der Waals surface area contributed by atoms with Gasteiger partial charge in [0.25, 0.3) is 0 Å². The van der Waals surface area contributed by atoms with Crippen molar-refractivity contribution in [3.63, 3.8) is 0 Å². The monoisotopic (exact) mass is 229 g/mol. The molecule has 0 rings (SSSR count). The molecule has 0 radical (unpaired) electrons. The Morgan fingerprint density at radius 3 is 1.69 bits per heavy atom. The van der Waals surface area contributed by atoms with Crippen LogP contribution in [-0.2, 0) is 0 Å². The van der Waals surface area contributed by atoms with Crippen LogP contribution in [0.4, 0.5) is 0 Å². The number of hydrogen-bond donors (Lipinski definition) is 1. The minimum absolute atomic E-state index is 0.357. The SMILES string of the molecule is CCCCN(CCCC)CCCCCCO. The molecule has 0 saturated heterocycles. The predicted molar refractivity (Wildman–Crippen MR) is 71.8 cm³/mol. The van der Waals surface area contributed by atoms with Crippen LogP contribution in [-0.4, -0.2) is 36.2 Å². The Bertz CT molecular complexity index is 120. The lowest BCUT2D eigenvalue weighted by Gasteiger charge is -2.21. The van der Waals surface area contributed by atoms with E-state index in [2.05, 4.69) is 18.7 Å². The van der Waals surface area contributed by atoms with Crippen molar-refractivity contribution >= 4 is 0 Å². The minimum atomic E-state index is 0.357. The van der Waals surface area contributed by atoms with Gasteiger partial charge in [0.05, 0.1) is 0 Å². The molecule has 98 valence electrons. The second-order valence-electron chi connectivity index (χ2n) is 4.69. The first-order valence-electron chi connectivity index (χ1n) is 7.18. The van der Waals surface area contributed by atoms with E-state index in [1.807, 2.05) is 0 Å². The van der Waals surface area contributed by atoms with Gasteiger partial charge in [0.2, 0.25) is 0 Å². The zero-order valence-electron chi connectivity index (χ0n) is 11.4. The molecule has 0 aliphatic rings. The van der Waals surface area contributed by atoms with Crippen molar-refractivity contribution in [1.29, 1.82) is 0 Å². The van der Waals surface area contributed by atoms with Crippen LogP contribution >= 0.6 is 0 Å². The second kappa shape index (κ2) is 13.0. The normalized spacial score (nSPS) is 11.2. The van der Waals surface area contributed by atoms with Gasteiger partial charge in [0, 0.05) is 6.61 Å². The number of aliphatic hydroxyl groups is 1. The van der Waals surface area contributed by atoms with E-state index in [9.17, 15) is 0 Å². The van der Waals surface area contributed by atoms with Gasteiger partial charge in [-0.25, -0.2) is 0 Å². The summed E-state index contributed by atoms with van der Waals surface area (Å²) in [5, 5.41) is 8.70. The van der Waals surface area contributed by atoms with E-state index in [0.717, 1.165) is 6.42 Å². The fourth-order valence-electron chi connectivity index (χ4n) is 1.90. The molecule has 0 amide bonds. The van der Waals surface area contributed by atoms with Crippen molar-refractivity contribution in [3.8, 4) is 0 Å². The highest BCUT2D eigenvalue weighted by Gasteiger charge is 2.02. The first kappa shape index (κ1) is 15.9. The molecular weight excluding hydrogens is 198 g/mol. The molecule has 0 aromatic rings. The quantitative estimate of drug-likeness (QED) is 0.518. The number of aliphatic hydroxyl groups excluding tert-OH is 1. The Kier molecular flexibility index (Phi) is 12.9. The standard InChI is InChI=1S/C14H31NO/c1-3-5-11-15(12-6-4-2)13-9-7-8-10-14-16/h16H,3-14H2,1-2H3. The molecule has 0 aliphatic heterocycles. The van der Waals surface area contributed by atoms with E-state index in [0.29, 0.717) is 6.61 Å². The number of hydrogen-bond acceptors (Lipinski definition) is 2. The van der Waals surface area contributed by atoms with Gasteiger partial charge >= 0.3 is 0 Å². The molecule has 0 heterocycles. The summed E-state index contributed by atoms with van der Waals surface area (Å²) in [6.07, 6.45) is 10.00. The molecule has 2 heteroatoms. The van der Waals surface area contributed by atoms with Crippen molar-refractivity contribution in [2.75, 3.05) is 26.2 Å². The maximum atomic E-state index is 8.70. The zero-order valence-corrected chi connectivity index (χ0v) is 11.4. The van der Waals surface area contributed by atoms with Crippen LogP contribution in [0, 0.1) is 0 Å². The maximum absolute atomic E-state index is 8.70. The lowest BCUT2D eigenvalue weighted by molar-refractivity contribution is 0.253. The molecule has 2 nitrogen and oxygen atoms in total. The van der Waals surface area contributed by atoms with Crippen molar-refractivity contribution in [2.24, 2.45) is 0 Å². The summed E-state index contributed by atoms with van der Waals surface area (Å²) in [6, 6.07) is 0. The zero-order chi connectivity index (χ0) is 12.1. The Balaban J connectivity index is 3.48. The topological polar surface area (TPSA) is 23.5 Å². The molecule has 0 atom stereocenters. The highest BCUT2D eigenvalue weighted by atomic mass is 16.2. The second-order valence-corrected chi connectivity index (χ2v) is 4.69. The molecule has 0 aliphatic carbocycles. The molecule has 0 aromatic heterocycles. The van der Waals surface area contributed by atoms with E-state index in [1.165, 1.54) is 64.6 Å². The van der Waals surface area contributed by atoms with Crippen LogP contribution in [0.3, 0.4) is 0 Å². The van der Waals surface area contributed by atoms with Crippen LogP contribution in [0.15, 0.2) is 0 Å². The molecule has 0 unspecified atom stereocenters. The molecule has 1 N–H and O–H groups in total. The van der Waals surface area contributed by atoms with Gasteiger partial charge < -0.3 is 10.0 Å². The first-order valence-corrected chi connectivity index (χ1v) is 7.18. The summed E-state index contributed by atoms with van der Waals surface area (Å²) in [4.78, 5) is 2.62. The third kappa shape index (κ3) is 10.4. The maximum Gasteiger partial charge on any atom is 0.0431 e. The molecule has 0 spiro atoms. The summed E-state index contributed by atoms with van der Waals surface area (Å²) in [5.41, 5.74) is 0. The van der Waals surface area contributed by atoms with Gasteiger partial charge in [-0.05, 0) is 45.3 Å².